The van der Waals surface area contributed by atoms with Gasteiger partial charge in [-0.1, -0.05) is 17.3 Å². The number of carbonyl (C=O) groups excluding carboxylic acids is 2. The van der Waals surface area contributed by atoms with E-state index in [1.807, 2.05) is 0 Å². The van der Waals surface area contributed by atoms with Crippen LogP contribution in [0.4, 0.5) is 5.69 Å². The van der Waals surface area contributed by atoms with Crippen molar-refractivity contribution >= 4 is 17.5 Å². The van der Waals surface area contributed by atoms with Gasteiger partial charge < -0.3 is 19.2 Å². The van der Waals surface area contributed by atoms with Gasteiger partial charge in [-0.3, -0.25) is 9.59 Å². The van der Waals surface area contributed by atoms with Gasteiger partial charge in [-0.2, -0.15) is 0 Å². The van der Waals surface area contributed by atoms with Gasteiger partial charge in [0.15, 0.2) is 11.5 Å². The van der Waals surface area contributed by atoms with Crippen LogP contribution in [0.25, 0.3) is 11.5 Å². The lowest BCUT2D eigenvalue weighted by Gasteiger charge is -2.10. The van der Waals surface area contributed by atoms with Crippen molar-refractivity contribution < 1.29 is 18.5 Å². The van der Waals surface area contributed by atoms with Gasteiger partial charge >= 0.3 is 0 Å². The van der Waals surface area contributed by atoms with Gasteiger partial charge in [-0.05, 0) is 29.8 Å². The highest BCUT2D eigenvalue weighted by atomic mass is 16.5. The van der Waals surface area contributed by atoms with E-state index in [0.717, 1.165) is 5.56 Å². The minimum Gasteiger partial charge on any atom is -0.461 e. The van der Waals surface area contributed by atoms with Crippen LogP contribution in [0.5, 0.6) is 0 Å². The predicted octanol–water partition coefficient (Wildman–Crippen LogP) is 2.82. The third-order valence-electron chi connectivity index (χ3n) is 3.57. The monoisotopic (exact) mass is 339 g/mol. The molecule has 0 unspecified atom stereocenters. The number of likely N-dealkylation sites (N-methyl/N-ethyl adjacent to an activating group) is 1. The molecule has 128 valence electrons. The standard InChI is InChI=1S/C18H17N3O4/c1-21(2)17(22)10-12-5-7-13(8-6-12)19-18(23)14-11-16(25-20-14)15-4-3-9-24-15/h3-9,11H,10H2,1-2H3,(H,19,23). The molecule has 2 heterocycles. The fourth-order valence-electron chi connectivity index (χ4n) is 2.15. The van der Waals surface area contributed by atoms with E-state index in [2.05, 4.69) is 10.5 Å². The van der Waals surface area contributed by atoms with Gasteiger partial charge in [-0.15, -0.1) is 0 Å². The normalized spacial score (nSPS) is 10.5. The van der Waals surface area contributed by atoms with Crippen molar-refractivity contribution in [1.29, 1.82) is 0 Å². The first-order valence-electron chi connectivity index (χ1n) is 7.64. The molecule has 0 atom stereocenters. The summed E-state index contributed by atoms with van der Waals surface area (Å²) in [6, 6.07) is 12.0. The number of aromatic nitrogens is 1. The van der Waals surface area contributed by atoms with Crippen molar-refractivity contribution in [3.63, 3.8) is 0 Å². The van der Waals surface area contributed by atoms with Crippen LogP contribution in [0.1, 0.15) is 16.1 Å². The minimum absolute atomic E-state index is 0.0184. The van der Waals surface area contributed by atoms with Crippen LogP contribution in [-0.2, 0) is 11.2 Å². The molecular weight excluding hydrogens is 322 g/mol. The first kappa shape index (κ1) is 16.5. The lowest BCUT2D eigenvalue weighted by molar-refractivity contribution is -0.127. The van der Waals surface area contributed by atoms with E-state index >= 15 is 0 Å². The second-order valence-corrected chi connectivity index (χ2v) is 5.67. The maximum atomic E-state index is 12.2. The summed E-state index contributed by atoms with van der Waals surface area (Å²) >= 11 is 0. The first-order valence-corrected chi connectivity index (χ1v) is 7.64. The Bertz CT molecular complexity index is 864. The maximum Gasteiger partial charge on any atom is 0.277 e. The van der Waals surface area contributed by atoms with Crippen molar-refractivity contribution in [2.45, 2.75) is 6.42 Å². The SMILES string of the molecule is CN(C)C(=O)Cc1ccc(NC(=O)c2cc(-c3ccco3)on2)cc1. The molecule has 0 saturated carbocycles. The number of benzene rings is 1. The summed E-state index contributed by atoms with van der Waals surface area (Å²) in [7, 11) is 3.43. The quantitative estimate of drug-likeness (QED) is 0.772. The molecule has 0 aliphatic carbocycles. The summed E-state index contributed by atoms with van der Waals surface area (Å²) < 4.78 is 10.3. The van der Waals surface area contributed by atoms with Gasteiger partial charge in [0.05, 0.1) is 12.7 Å². The third-order valence-corrected chi connectivity index (χ3v) is 3.57. The van der Waals surface area contributed by atoms with Crippen molar-refractivity contribution in [2.75, 3.05) is 19.4 Å². The van der Waals surface area contributed by atoms with E-state index in [9.17, 15) is 9.59 Å². The second-order valence-electron chi connectivity index (χ2n) is 5.67. The highest BCUT2D eigenvalue weighted by Crippen LogP contribution is 2.21. The number of amides is 2. The Morgan fingerprint density at radius 2 is 1.88 bits per heavy atom. The molecule has 7 heteroatoms. The number of hydrogen-bond acceptors (Lipinski definition) is 5. The van der Waals surface area contributed by atoms with E-state index in [1.165, 1.54) is 17.2 Å². The minimum atomic E-state index is -0.390. The average molecular weight is 339 g/mol. The molecule has 3 rings (SSSR count). The number of carbonyl (C=O) groups is 2. The van der Waals surface area contributed by atoms with Crippen LogP contribution in [0.3, 0.4) is 0 Å². The fraction of sp³-hybridized carbons (Fsp3) is 0.167. The number of furan rings is 1. The molecule has 25 heavy (non-hydrogen) atoms. The van der Waals surface area contributed by atoms with Crippen LogP contribution >= 0.6 is 0 Å². The van der Waals surface area contributed by atoms with Gasteiger partial charge in [-0.25, -0.2) is 0 Å². The number of anilines is 1. The van der Waals surface area contributed by atoms with Crippen molar-refractivity contribution in [3.05, 3.63) is 60.0 Å². The molecule has 7 nitrogen and oxygen atoms in total. The zero-order valence-electron chi connectivity index (χ0n) is 13.9. The zero-order chi connectivity index (χ0) is 17.8. The number of hydrogen-bond donors (Lipinski definition) is 1. The molecular formula is C18H17N3O4. The van der Waals surface area contributed by atoms with Crippen LogP contribution in [-0.4, -0.2) is 36.0 Å². The molecule has 0 fully saturated rings. The highest BCUT2D eigenvalue weighted by molar-refractivity contribution is 6.03. The zero-order valence-corrected chi connectivity index (χ0v) is 13.9. The van der Waals surface area contributed by atoms with Gasteiger partial charge in [0.2, 0.25) is 11.7 Å². The summed E-state index contributed by atoms with van der Waals surface area (Å²) in [4.78, 5) is 25.5. The largest absolute Gasteiger partial charge is 0.461 e. The lowest BCUT2D eigenvalue weighted by atomic mass is 10.1. The van der Waals surface area contributed by atoms with Crippen molar-refractivity contribution in [2.24, 2.45) is 0 Å². The summed E-state index contributed by atoms with van der Waals surface area (Å²) in [5.41, 5.74) is 1.63. The highest BCUT2D eigenvalue weighted by Gasteiger charge is 2.15. The molecule has 1 N–H and O–H groups in total. The Morgan fingerprint density at radius 1 is 1.12 bits per heavy atom. The Balaban J connectivity index is 1.64. The summed E-state index contributed by atoms with van der Waals surface area (Å²) in [6.45, 7) is 0. The summed E-state index contributed by atoms with van der Waals surface area (Å²) in [6.07, 6.45) is 1.83. The first-order chi connectivity index (χ1) is 12.0. The van der Waals surface area contributed by atoms with E-state index in [0.29, 0.717) is 23.6 Å². The van der Waals surface area contributed by atoms with Crippen LogP contribution in [0, 0.1) is 0 Å². The number of nitrogens with one attached hydrogen (secondary N) is 1. The van der Waals surface area contributed by atoms with Gasteiger partial charge in [0, 0.05) is 25.8 Å². The van der Waals surface area contributed by atoms with Crippen LogP contribution in [0.15, 0.2) is 57.7 Å². The topological polar surface area (TPSA) is 88.6 Å². The molecule has 1 aromatic carbocycles. The summed E-state index contributed by atoms with van der Waals surface area (Å²) in [5.74, 6) is 0.512. The second kappa shape index (κ2) is 7.04. The summed E-state index contributed by atoms with van der Waals surface area (Å²) in [5, 5.41) is 6.48. The molecule has 0 radical (unpaired) electrons. The average Bonchev–Trinajstić information content (AvgIpc) is 3.27. The van der Waals surface area contributed by atoms with Crippen molar-refractivity contribution in [1.82, 2.24) is 10.1 Å². The molecule has 0 aliphatic rings. The molecule has 2 aromatic heterocycles. The van der Waals surface area contributed by atoms with E-state index in [4.69, 9.17) is 8.94 Å². The Hall–Kier alpha value is -3.35. The smallest absolute Gasteiger partial charge is 0.277 e. The van der Waals surface area contributed by atoms with E-state index < -0.39 is 5.91 Å². The molecule has 3 aromatic rings. The van der Waals surface area contributed by atoms with Gasteiger partial charge in [0.25, 0.3) is 5.91 Å². The number of nitrogens with zero attached hydrogens (tertiary/aromatic N) is 2. The fourth-order valence-corrected chi connectivity index (χ4v) is 2.15. The maximum absolute atomic E-state index is 12.2. The molecule has 0 spiro atoms. The Labute approximate surface area is 144 Å². The number of rotatable bonds is 5. The molecule has 0 aliphatic heterocycles. The Morgan fingerprint density at radius 3 is 2.52 bits per heavy atom. The molecule has 0 saturated heterocycles. The van der Waals surface area contributed by atoms with Crippen molar-refractivity contribution in [3.8, 4) is 11.5 Å². The Kier molecular flexibility index (Phi) is 4.65. The van der Waals surface area contributed by atoms with Crippen LogP contribution < -0.4 is 5.32 Å². The molecule has 2 amide bonds. The van der Waals surface area contributed by atoms with Gasteiger partial charge in [0.1, 0.15) is 0 Å². The third kappa shape index (κ3) is 3.95. The van der Waals surface area contributed by atoms with E-state index in [1.54, 1.807) is 50.5 Å². The van der Waals surface area contributed by atoms with E-state index in [-0.39, 0.29) is 11.6 Å². The lowest BCUT2D eigenvalue weighted by Crippen LogP contribution is -2.23. The predicted molar refractivity (Wildman–Crippen MR) is 91.0 cm³/mol. The molecule has 0 bridgehead atoms. The van der Waals surface area contributed by atoms with Crippen LogP contribution in [0.2, 0.25) is 0 Å².